The quantitative estimate of drug-likeness (QED) is 0.122. The van der Waals surface area contributed by atoms with Gasteiger partial charge in [-0.05, 0) is 66.7 Å². The van der Waals surface area contributed by atoms with Crippen molar-refractivity contribution in [1.29, 1.82) is 0 Å². The van der Waals surface area contributed by atoms with Crippen molar-refractivity contribution >= 4 is 63.1 Å². The van der Waals surface area contributed by atoms with Crippen LogP contribution in [-0.2, 0) is 4.79 Å². The van der Waals surface area contributed by atoms with E-state index in [4.69, 9.17) is 34.8 Å². The molecule has 1 aromatic heterocycles. The van der Waals surface area contributed by atoms with Crippen molar-refractivity contribution in [2.75, 3.05) is 5.43 Å². The number of benzene rings is 3. The topological polar surface area (TPSA) is 72.2 Å². The van der Waals surface area contributed by atoms with Gasteiger partial charge in [0, 0.05) is 28.2 Å². The smallest absolute Gasteiger partial charge is 0.202 e. The zero-order valence-corrected chi connectivity index (χ0v) is 21.2. The fraction of sp³-hybridized carbons (Fsp3) is 0.0833. The average Bonchev–Trinajstić information content (AvgIpc) is 3.22. The Balaban J connectivity index is 1.76. The van der Waals surface area contributed by atoms with Crippen molar-refractivity contribution in [3.05, 3.63) is 87.4 Å². The van der Waals surface area contributed by atoms with E-state index in [2.05, 4.69) is 20.7 Å². The number of Topliss-reactive ketones (excluding diaryl/α,β-unsaturated/α-hetero) is 1. The van der Waals surface area contributed by atoms with Gasteiger partial charge >= 0.3 is 0 Å². The zero-order chi connectivity index (χ0) is 24.2. The van der Waals surface area contributed by atoms with Crippen LogP contribution in [0.25, 0.3) is 17.1 Å². The minimum atomic E-state index is -0.231. The molecule has 0 saturated carbocycles. The van der Waals surface area contributed by atoms with Gasteiger partial charge in [0.15, 0.2) is 16.7 Å². The van der Waals surface area contributed by atoms with Crippen LogP contribution in [0.2, 0.25) is 15.1 Å². The van der Waals surface area contributed by atoms with Crippen LogP contribution in [0.1, 0.15) is 12.5 Å². The molecule has 0 radical (unpaired) electrons. The number of thioether (sulfide) groups is 1. The minimum absolute atomic E-state index is 0.206. The molecule has 0 unspecified atom stereocenters. The molecule has 0 aliphatic carbocycles. The van der Waals surface area contributed by atoms with Crippen molar-refractivity contribution in [3.63, 3.8) is 0 Å². The highest BCUT2D eigenvalue weighted by Crippen LogP contribution is 2.34. The number of carbonyl (C=O) groups excluding carboxylic acids is 1. The summed E-state index contributed by atoms with van der Waals surface area (Å²) in [6.45, 7) is 3.31. The molecule has 0 aliphatic heterocycles. The predicted molar refractivity (Wildman–Crippen MR) is 141 cm³/mol. The number of para-hydroxylation sites is 1. The van der Waals surface area contributed by atoms with Gasteiger partial charge in [-0.1, -0.05) is 59.1 Å². The molecule has 1 N–H and O–H groups in total. The van der Waals surface area contributed by atoms with Crippen molar-refractivity contribution in [2.24, 2.45) is 5.10 Å². The van der Waals surface area contributed by atoms with E-state index >= 15 is 0 Å². The lowest BCUT2D eigenvalue weighted by Crippen LogP contribution is -2.10. The van der Waals surface area contributed by atoms with Gasteiger partial charge in [0.1, 0.15) is 0 Å². The number of hydrogen-bond acceptors (Lipinski definition) is 6. The average molecular weight is 531 g/mol. The molecule has 172 valence electrons. The SMILES string of the molecule is CC(=O)/C(=N/Nc1cccc(Cl)c1C)Sc1nnc(-c2ccc(Cl)cc2Cl)n1-c1ccccc1. The Hall–Kier alpha value is -2.84. The third kappa shape index (κ3) is 5.28. The number of nitrogens with zero attached hydrogens (tertiary/aromatic N) is 4. The first-order chi connectivity index (χ1) is 16.3. The Bertz CT molecular complexity index is 1390. The molecule has 10 heteroatoms. The first-order valence-corrected chi connectivity index (χ1v) is 12.0. The van der Waals surface area contributed by atoms with Crippen molar-refractivity contribution < 1.29 is 4.79 Å². The molecule has 0 aliphatic rings. The Morgan fingerprint density at radius 1 is 0.971 bits per heavy atom. The van der Waals surface area contributed by atoms with Gasteiger partial charge in [0.25, 0.3) is 0 Å². The second-order valence-corrected chi connectivity index (χ2v) is 9.41. The number of anilines is 1. The molecule has 3 aromatic carbocycles. The van der Waals surface area contributed by atoms with E-state index in [0.717, 1.165) is 23.0 Å². The number of aromatic nitrogens is 3. The van der Waals surface area contributed by atoms with Gasteiger partial charge in [-0.2, -0.15) is 5.10 Å². The molecule has 34 heavy (non-hydrogen) atoms. The van der Waals surface area contributed by atoms with E-state index in [9.17, 15) is 4.79 Å². The summed E-state index contributed by atoms with van der Waals surface area (Å²) in [5, 5.41) is 15.3. The van der Waals surface area contributed by atoms with E-state index in [-0.39, 0.29) is 10.8 Å². The molecule has 0 fully saturated rings. The van der Waals surface area contributed by atoms with Gasteiger partial charge in [-0.15, -0.1) is 10.2 Å². The molecule has 0 spiro atoms. The van der Waals surface area contributed by atoms with E-state index in [1.54, 1.807) is 24.3 Å². The van der Waals surface area contributed by atoms with Gasteiger partial charge in [0.2, 0.25) is 5.16 Å². The van der Waals surface area contributed by atoms with Crippen LogP contribution in [0.3, 0.4) is 0 Å². The summed E-state index contributed by atoms with van der Waals surface area (Å²) in [4.78, 5) is 12.4. The summed E-state index contributed by atoms with van der Waals surface area (Å²) in [6, 6.07) is 20.1. The van der Waals surface area contributed by atoms with Crippen LogP contribution in [0.15, 0.2) is 77.0 Å². The summed E-state index contributed by atoms with van der Waals surface area (Å²) in [5.74, 6) is 0.280. The minimum Gasteiger partial charge on any atom is -0.292 e. The maximum atomic E-state index is 12.4. The number of rotatable bonds is 6. The normalized spacial score (nSPS) is 11.5. The molecule has 0 amide bonds. The number of ketones is 1. The second-order valence-electron chi connectivity index (χ2n) is 7.20. The fourth-order valence-electron chi connectivity index (χ4n) is 3.09. The predicted octanol–water partition coefficient (Wildman–Crippen LogP) is 7.31. The highest BCUT2D eigenvalue weighted by atomic mass is 35.5. The molecule has 4 aromatic rings. The maximum Gasteiger partial charge on any atom is 0.202 e. The standard InChI is InChI=1S/C24H18Cl3N5OS/c1-14-19(26)9-6-10-21(14)28-30-23(15(2)33)34-24-31-29-22(18-12-11-16(25)13-20(18)27)32(24)17-7-4-3-5-8-17/h3-13,28H,1-2H3/b30-23-. The summed E-state index contributed by atoms with van der Waals surface area (Å²) in [5.41, 5.74) is 5.92. The van der Waals surface area contributed by atoms with Crippen LogP contribution < -0.4 is 5.43 Å². The van der Waals surface area contributed by atoms with Gasteiger partial charge in [-0.3, -0.25) is 14.8 Å². The molecule has 0 bridgehead atoms. The van der Waals surface area contributed by atoms with Crippen LogP contribution >= 0.6 is 46.6 Å². The molecule has 1 heterocycles. The highest BCUT2D eigenvalue weighted by molar-refractivity contribution is 8.15. The fourth-order valence-corrected chi connectivity index (χ4v) is 4.53. The second kappa shape index (κ2) is 10.6. The summed E-state index contributed by atoms with van der Waals surface area (Å²) < 4.78 is 1.82. The number of hydrogen-bond donors (Lipinski definition) is 1. The Morgan fingerprint density at radius 3 is 2.44 bits per heavy atom. The first kappa shape index (κ1) is 24.3. The summed E-state index contributed by atoms with van der Waals surface area (Å²) >= 11 is 19.8. The Morgan fingerprint density at radius 2 is 1.74 bits per heavy atom. The largest absolute Gasteiger partial charge is 0.292 e. The van der Waals surface area contributed by atoms with Crippen molar-refractivity contribution in [2.45, 2.75) is 19.0 Å². The summed E-state index contributed by atoms with van der Waals surface area (Å²) in [6.07, 6.45) is 0. The van der Waals surface area contributed by atoms with Crippen molar-refractivity contribution in [3.8, 4) is 17.1 Å². The van der Waals surface area contributed by atoms with Gasteiger partial charge < -0.3 is 0 Å². The van der Waals surface area contributed by atoms with Crippen LogP contribution in [0.4, 0.5) is 5.69 Å². The third-order valence-electron chi connectivity index (χ3n) is 4.85. The lowest BCUT2D eigenvalue weighted by atomic mass is 10.2. The number of halogens is 3. The number of nitrogens with one attached hydrogen (secondary N) is 1. The van der Waals surface area contributed by atoms with E-state index in [1.165, 1.54) is 6.92 Å². The Labute approximate surface area is 215 Å². The van der Waals surface area contributed by atoms with Crippen LogP contribution in [0, 0.1) is 6.92 Å². The highest BCUT2D eigenvalue weighted by Gasteiger charge is 2.21. The number of carbonyl (C=O) groups is 1. The molecular formula is C24H18Cl3N5OS. The van der Waals surface area contributed by atoms with E-state index in [1.807, 2.05) is 54.0 Å². The van der Waals surface area contributed by atoms with Crippen LogP contribution in [0.5, 0.6) is 0 Å². The first-order valence-electron chi connectivity index (χ1n) is 10.1. The molecule has 0 atom stereocenters. The molecule has 4 rings (SSSR count). The van der Waals surface area contributed by atoms with E-state index < -0.39 is 0 Å². The van der Waals surface area contributed by atoms with Crippen LogP contribution in [-0.4, -0.2) is 25.6 Å². The molecule has 6 nitrogen and oxygen atoms in total. The maximum absolute atomic E-state index is 12.4. The monoisotopic (exact) mass is 529 g/mol. The number of hydrazone groups is 1. The van der Waals surface area contributed by atoms with Crippen molar-refractivity contribution in [1.82, 2.24) is 14.8 Å². The van der Waals surface area contributed by atoms with Gasteiger partial charge in [0.05, 0.1) is 10.7 Å². The Kier molecular flexibility index (Phi) is 7.58. The molecular weight excluding hydrogens is 513 g/mol. The lowest BCUT2D eigenvalue weighted by molar-refractivity contribution is -0.110. The van der Waals surface area contributed by atoms with E-state index in [0.29, 0.717) is 37.3 Å². The zero-order valence-electron chi connectivity index (χ0n) is 18.1. The molecule has 0 saturated heterocycles. The summed E-state index contributed by atoms with van der Waals surface area (Å²) in [7, 11) is 0. The van der Waals surface area contributed by atoms with Gasteiger partial charge in [-0.25, -0.2) is 0 Å². The third-order valence-corrected chi connectivity index (χ3v) is 6.83. The lowest BCUT2D eigenvalue weighted by Gasteiger charge is -2.12.